The van der Waals surface area contributed by atoms with Crippen LogP contribution >= 0.6 is 0 Å². The third-order valence-corrected chi connectivity index (χ3v) is 3.46. The highest BCUT2D eigenvalue weighted by Crippen LogP contribution is 2.28. The summed E-state index contributed by atoms with van der Waals surface area (Å²) in [5, 5.41) is 9.43. The first kappa shape index (κ1) is 12.7. The van der Waals surface area contributed by atoms with Gasteiger partial charge in [-0.05, 0) is 45.1 Å². The molecule has 5 heteroatoms. The third-order valence-electron chi connectivity index (χ3n) is 3.46. The predicted octanol–water partition coefficient (Wildman–Crippen LogP) is 1.85. The summed E-state index contributed by atoms with van der Waals surface area (Å²) in [6, 6.07) is 7.15. The molecule has 1 fully saturated rings. The van der Waals surface area contributed by atoms with Crippen LogP contribution in [0.2, 0.25) is 0 Å². The SMILES string of the molecule is CN1CCC(N(C(=O)O)c2ccccc2N)CC1. The Bertz CT molecular complexity index is 428. The largest absolute Gasteiger partial charge is 0.465 e. The second-order valence-corrected chi connectivity index (χ2v) is 4.75. The van der Waals surface area contributed by atoms with Crippen molar-refractivity contribution in [2.45, 2.75) is 18.9 Å². The zero-order chi connectivity index (χ0) is 13.1. The number of nitrogen functional groups attached to an aromatic ring is 1. The van der Waals surface area contributed by atoms with Gasteiger partial charge in [-0.25, -0.2) is 4.79 Å². The third kappa shape index (κ3) is 2.56. The molecular weight excluding hydrogens is 230 g/mol. The number of rotatable bonds is 2. The first-order valence-corrected chi connectivity index (χ1v) is 6.15. The van der Waals surface area contributed by atoms with Crippen LogP contribution in [0.1, 0.15) is 12.8 Å². The highest BCUT2D eigenvalue weighted by Gasteiger charge is 2.28. The van der Waals surface area contributed by atoms with E-state index in [1.807, 2.05) is 12.1 Å². The van der Waals surface area contributed by atoms with Gasteiger partial charge in [0, 0.05) is 6.04 Å². The van der Waals surface area contributed by atoms with Gasteiger partial charge in [0.2, 0.25) is 0 Å². The number of nitrogens with zero attached hydrogens (tertiary/aromatic N) is 2. The average molecular weight is 249 g/mol. The van der Waals surface area contributed by atoms with Crippen LogP contribution in [0.15, 0.2) is 24.3 Å². The molecule has 0 saturated carbocycles. The molecule has 0 bridgehead atoms. The minimum atomic E-state index is -0.928. The van der Waals surface area contributed by atoms with Crippen LogP contribution in [-0.4, -0.2) is 42.3 Å². The van der Waals surface area contributed by atoms with E-state index in [1.165, 1.54) is 4.90 Å². The summed E-state index contributed by atoms with van der Waals surface area (Å²) in [5.41, 5.74) is 6.99. The number of hydrogen-bond acceptors (Lipinski definition) is 3. The van der Waals surface area contributed by atoms with Gasteiger partial charge in [0.15, 0.2) is 0 Å². The van der Waals surface area contributed by atoms with Crippen LogP contribution < -0.4 is 10.6 Å². The fourth-order valence-corrected chi connectivity index (χ4v) is 2.42. The molecule has 3 N–H and O–H groups in total. The van der Waals surface area contributed by atoms with Gasteiger partial charge in [0.25, 0.3) is 0 Å². The molecule has 0 unspecified atom stereocenters. The number of hydrogen-bond donors (Lipinski definition) is 2. The van der Waals surface area contributed by atoms with Crippen molar-refractivity contribution in [2.75, 3.05) is 30.8 Å². The quantitative estimate of drug-likeness (QED) is 0.785. The number of carboxylic acid groups (broad SMARTS) is 1. The van der Waals surface area contributed by atoms with E-state index in [-0.39, 0.29) is 6.04 Å². The molecule has 18 heavy (non-hydrogen) atoms. The van der Waals surface area contributed by atoms with Crippen molar-refractivity contribution < 1.29 is 9.90 Å². The maximum Gasteiger partial charge on any atom is 0.412 e. The number of carbonyl (C=O) groups is 1. The lowest BCUT2D eigenvalue weighted by Gasteiger charge is -2.36. The predicted molar refractivity (Wildman–Crippen MR) is 71.9 cm³/mol. The molecule has 0 aliphatic carbocycles. The van der Waals surface area contributed by atoms with Gasteiger partial charge in [-0.2, -0.15) is 0 Å². The van der Waals surface area contributed by atoms with Crippen molar-refractivity contribution in [3.05, 3.63) is 24.3 Å². The van der Waals surface area contributed by atoms with Crippen molar-refractivity contribution in [3.8, 4) is 0 Å². The molecular formula is C13H19N3O2. The Hall–Kier alpha value is -1.75. The second-order valence-electron chi connectivity index (χ2n) is 4.75. The van der Waals surface area contributed by atoms with Gasteiger partial charge in [0.05, 0.1) is 11.4 Å². The zero-order valence-electron chi connectivity index (χ0n) is 10.5. The first-order chi connectivity index (χ1) is 8.59. The molecule has 1 saturated heterocycles. The molecule has 98 valence electrons. The van der Waals surface area contributed by atoms with Crippen LogP contribution in [0.25, 0.3) is 0 Å². The molecule has 1 aliphatic heterocycles. The summed E-state index contributed by atoms with van der Waals surface area (Å²) in [7, 11) is 2.05. The summed E-state index contributed by atoms with van der Waals surface area (Å²) in [6.45, 7) is 1.84. The Morgan fingerprint density at radius 1 is 1.39 bits per heavy atom. The Kier molecular flexibility index (Phi) is 3.72. The molecule has 1 amide bonds. The highest BCUT2D eigenvalue weighted by atomic mass is 16.4. The molecule has 1 aliphatic rings. The molecule has 0 radical (unpaired) electrons. The summed E-state index contributed by atoms with van der Waals surface area (Å²) >= 11 is 0. The first-order valence-electron chi connectivity index (χ1n) is 6.15. The van der Waals surface area contributed by atoms with Crippen molar-refractivity contribution in [3.63, 3.8) is 0 Å². The maximum atomic E-state index is 11.5. The number of anilines is 2. The highest BCUT2D eigenvalue weighted by molar-refractivity contribution is 5.91. The van der Waals surface area contributed by atoms with E-state index >= 15 is 0 Å². The summed E-state index contributed by atoms with van der Waals surface area (Å²) in [4.78, 5) is 15.1. The Balaban J connectivity index is 2.24. The van der Waals surface area contributed by atoms with Crippen LogP contribution in [0, 0.1) is 0 Å². The van der Waals surface area contributed by atoms with E-state index in [9.17, 15) is 9.90 Å². The number of piperidine rings is 1. The normalized spacial score (nSPS) is 17.6. The minimum absolute atomic E-state index is 0.0170. The van der Waals surface area contributed by atoms with E-state index in [4.69, 9.17) is 5.73 Å². The van der Waals surface area contributed by atoms with Crippen molar-refractivity contribution in [1.29, 1.82) is 0 Å². The fraction of sp³-hybridized carbons (Fsp3) is 0.462. The van der Waals surface area contributed by atoms with Gasteiger partial charge < -0.3 is 15.7 Å². The lowest BCUT2D eigenvalue weighted by Crippen LogP contribution is -2.46. The van der Waals surface area contributed by atoms with Crippen LogP contribution in [0.5, 0.6) is 0 Å². The molecule has 1 aromatic rings. The molecule has 2 rings (SSSR count). The smallest absolute Gasteiger partial charge is 0.412 e. The number of amides is 1. The number of nitrogens with two attached hydrogens (primary N) is 1. The summed E-state index contributed by atoms with van der Waals surface area (Å²) in [6.07, 6.45) is 0.760. The number of para-hydroxylation sites is 2. The topological polar surface area (TPSA) is 69.8 Å². The molecule has 0 spiro atoms. The maximum absolute atomic E-state index is 11.5. The molecule has 0 atom stereocenters. The fourth-order valence-electron chi connectivity index (χ4n) is 2.42. The summed E-state index contributed by atoms with van der Waals surface area (Å²) < 4.78 is 0. The van der Waals surface area contributed by atoms with Crippen molar-refractivity contribution in [2.24, 2.45) is 0 Å². The van der Waals surface area contributed by atoms with Gasteiger partial charge in [0.1, 0.15) is 0 Å². The van der Waals surface area contributed by atoms with E-state index in [2.05, 4.69) is 11.9 Å². The van der Waals surface area contributed by atoms with Gasteiger partial charge in [-0.1, -0.05) is 12.1 Å². The number of likely N-dealkylation sites (tertiary alicyclic amines) is 1. The lowest BCUT2D eigenvalue weighted by molar-refractivity contribution is 0.190. The monoisotopic (exact) mass is 249 g/mol. The zero-order valence-corrected chi connectivity index (χ0v) is 10.5. The average Bonchev–Trinajstić information content (AvgIpc) is 2.34. The van der Waals surface area contributed by atoms with E-state index in [1.54, 1.807) is 12.1 Å². The molecule has 5 nitrogen and oxygen atoms in total. The van der Waals surface area contributed by atoms with Crippen LogP contribution in [-0.2, 0) is 0 Å². The molecule has 1 aromatic carbocycles. The van der Waals surface area contributed by atoms with E-state index < -0.39 is 6.09 Å². The Labute approximate surface area is 107 Å². The Morgan fingerprint density at radius 3 is 2.56 bits per heavy atom. The van der Waals surface area contributed by atoms with Crippen molar-refractivity contribution >= 4 is 17.5 Å². The van der Waals surface area contributed by atoms with Crippen LogP contribution in [0.4, 0.5) is 16.2 Å². The lowest BCUT2D eigenvalue weighted by atomic mass is 10.0. The van der Waals surface area contributed by atoms with E-state index in [0.717, 1.165) is 25.9 Å². The Morgan fingerprint density at radius 2 is 2.00 bits per heavy atom. The van der Waals surface area contributed by atoms with Crippen LogP contribution in [0.3, 0.4) is 0 Å². The molecule has 1 heterocycles. The standard InChI is InChI=1S/C13H19N3O2/c1-15-8-6-10(7-9-15)16(13(17)18)12-5-3-2-4-11(12)14/h2-5,10H,6-9,14H2,1H3,(H,17,18). The van der Waals surface area contributed by atoms with E-state index in [0.29, 0.717) is 11.4 Å². The minimum Gasteiger partial charge on any atom is -0.465 e. The summed E-state index contributed by atoms with van der Waals surface area (Å²) in [5.74, 6) is 0. The number of benzene rings is 1. The second kappa shape index (κ2) is 5.27. The van der Waals surface area contributed by atoms with Gasteiger partial charge in [-0.15, -0.1) is 0 Å². The van der Waals surface area contributed by atoms with Gasteiger partial charge in [-0.3, -0.25) is 4.90 Å². The van der Waals surface area contributed by atoms with Crippen molar-refractivity contribution in [1.82, 2.24) is 4.90 Å². The molecule has 0 aromatic heterocycles. The van der Waals surface area contributed by atoms with Gasteiger partial charge >= 0.3 is 6.09 Å².